The lowest BCUT2D eigenvalue weighted by molar-refractivity contribution is 0.442. The van der Waals surface area contributed by atoms with Crippen LogP contribution >= 0.6 is 0 Å². The van der Waals surface area contributed by atoms with Gasteiger partial charge in [0, 0.05) is 27.9 Å². The molecule has 1 N–H and O–H groups in total. The van der Waals surface area contributed by atoms with Gasteiger partial charge in [-0.1, -0.05) is 103 Å². The Morgan fingerprint density at radius 1 is 0.486 bits per heavy atom. The second kappa shape index (κ2) is 7.59. The number of nitrogens with one attached hydrogen (secondary N) is 1. The van der Waals surface area contributed by atoms with Gasteiger partial charge < -0.3 is 10.1 Å². The number of fused-ring (bicyclic) bond motifs is 11. The highest BCUT2D eigenvalue weighted by Gasteiger charge is 2.51. The summed E-state index contributed by atoms with van der Waals surface area (Å²) in [7, 11) is 0. The van der Waals surface area contributed by atoms with Crippen molar-refractivity contribution < 1.29 is 4.74 Å². The molecule has 0 amide bonds. The molecule has 1 spiro atoms. The fourth-order valence-corrected chi connectivity index (χ4v) is 6.39. The fraction of sp³-hybridized carbons (Fsp3) is 0.0286. The predicted octanol–water partition coefficient (Wildman–Crippen LogP) is 9.05. The van der Waals surface area contributed by atoms with Crippen molar-refractivity contribution in [3.8, 4) is 22.6 Å². The van der Waals surface area contributed by atoms with E-state index in [2.05, 4.69) is 133 Å². The number of rotatable bonds is 2. The number of anilines is 2. The Morgan fingerprint density at radius 3 is 2.14 bits per heavy atom. The summed E-state index contributed by atoms with van der Waals surface area (Å²) >= 11 is 0. The molecule has 2 nitrogen and oxygen atoms in total. The second-order valence-corrected chi connectivity index (χ2v) is 9.81. The van der Waals surface area contributed by atoms with Gasteiger partial charge >= 0.3 is 0 Å². The largest absolute Gasteiger partial charge is 0.456 e. The van der Waals surface area contributed by atoms with E-state index in [1.165, 1.54) is 38.8 Å². The topological polar surface area (TPSA) is 21.3 Å². The molecule has 6 aromatic rings. The number of benzene rings is 6. The number of hydrogen-bond acceptors (Lipinski definition) is 2. The van der Waals surface area contributed by atoms with Gasteiger partial charge in [0.25, 0.3) is 0 Å². The molecule has 0 saturated carbocycles. The van der Waals surface area contributed by atoms with Crippen molar-refractivity contribution in [2.24, 2.45) is 0 Å². The molecular formula is C35H23NO. The molecule has 0 saturated heterocycles. The van der Waals surface area contributed by atoms with Crippen LogP contribution in [0.15, 0.2) is 133 Å². The molecule has 2 heteroatoms. The van der Waals surface area contributed by atoms with Crippen LogP contribution in [-0.4, -0.2) is 0 Å². The smallest absolute Gasteiger partial charge is 0.140 e. The first-order valence-electron chi connectivity index (χ1n) is 12.7. The van der Waals surface area contributed by atoms with Gasteiger partial charge in [0.2, 0.25) is 0 Å². The van der Waals surface area contributed by atoms with Crippen molar-refractivity contribution in [1.29, 1.82) is 0 Å². The molecule has 0 aromatic heterocycles. The summed E-state index contributed by atoms with van der Waals surface area (Å²) < 4.78 is 6.72. The minimum absolute atomic E-state index is 0.478. The normalized spacial score (nSPS) is 16.4. The van der Waals surface area contributed by atoms with E-state index < -0.39 is 5.41 Å². The van der Waals surface area contributed by atoms with Crippen LogP contribution in [0.25, 0.3) is 21.9 Å². The standard InChI is InChI=1S/C35H23NO/c1-2-11-24(12-3-1)36-25-19-20-28-27-14-6-7-15-29(27)35(32(28)22-25)30-16-8-9-17-33(30)37-34-26-13-5-4-10-23(26)18-21-31(34)35/h1-22,36H. The molecule has 1 atom stereocenters. The molecule has 1 aliphatic carbocycles. The fourth-order valence-electron chi connectivity index (χ4n) is 6.39. The Hall–Kier alpha value is -4.82. The van der Waals surface area contributed by atoms with Crippen molar-refractivity contribution in [2.45, 2.75) is 5.41 Å². The van der Waals surface area contributed by atoms with Crippen LogP contribution in [0.1, 0.15) is 22.3 Å². The van der Waals surface area contributed by atoms with Crippen molar-refractivity contribution in [1.82, 2.24) is 0 Å². The summed E-state index contributed by atoms with van der Waals surface area (Å²) in [5, 5.41) is 5.95. The van der Waals surface area contributed by atoms with Gasteiger partial charge in [0.15, 0.2) is 0 Å². The molecule has 6 aromatic carbocycles. The molecule has 37 heavy (non-hydrogen) atoms. The highest BCUT2D eigenvalue weighted by Crippen LogP contribution is 2.63. The minimum Gasteiger partial charge on any atom is -0.456 e. The van der Waals surface area contributed by atoms with Crippen molar-refractivity contribution in [2.75, 3.05) is 5.32 Å². The third-order valence-corrected chi connectivity index (χ3v) is 7.89. The van der Waals surface area contributed by atoms with Gasteiger partial charge in [-0.25, -0.2) is 0 Å². The summed E-state index contributed by atoms with van der Waals surface area (Å²) in [5.74, 6) is 1.86. The van der Waals surface area contributed by atoms with E-state index in [0.29, 0.717) is 0 Å². The van der Waals surface area contributed by atoms with E-state index in [0.717, 1.165) is 28.3 Å². The third kappa shape index (κ3) is 2.75. The lowest BCUT2D eigenvalue weighted by Crippen LogP contribution is -2.32. The van der Waals surface area contributed by atoms with Crippen molar-refractivity contribution in [3.63, 3.8) is 0 Å². The minimum atomic E-state index is -0.478. The van der Waals surface area contributed by atoms with Gasteiger partial charge in [-0.15, -0.1) is 0 Å². The quantitative estimate of drug-likeness (QED) is 0.270. The summed E-state index contributed by atoms with van der Waals surface area (Å²) in [6.45, 7) is 0. The lowest BCUT2D eigenvalue weighted by atomic mass is 9.65. The van der Waals surface area contributed by atoms with Crippen LogP contribution in [0.3, 0.4) is 0 Å². The molecule has 1 unspecified atom stereocenters. The van der Waals surface area contributed by atoms with E-state index in [4.69, 9.17) is 4.74 Å². The zero-order valence-corrected chi connectivity index (χ0v) is 20.1. The molecule has 174 valence electrons. The number of hydrogen-bond donors (Lipinski definition) is 1. The monoisotopic (exact) mass is 473 g/mol. The maximum absolute atomic E-state index is 6.72. The van der Waals surface area contributed by atoms with Crippen LogP contribution < -0.4 is 10.1 Å². The van der Waals surface area contributed by atoms with Gasteiger partial charge in [-0.3, -0.25) is 0 Å². The second-order valence-electron chi connectivity index (χ2n) is 9.81. The molecule has 1 aliphatic heterocycles. The molecule has 0 bridgehead atoms. The molecule has 0 radical (unpaired) electrons. The molecule has 2 aliphatic rings. The van der Waals surface area contributed by atoms with Crippen molar-refractivity contribution >= 4 is 22.1 Å². The van der Waals surface area contributed by atoms with Gasteiger partial charge in [-0.2, -0.15) is 0 Å². The first-order valence-corrected chi connectivity index (χ1v) is 12.7. The van der Waals surface area contributed by atoms with Crippen LogP contribution in [0.4, 0.5) is 11.4 Å². The molecular weight excluding hydrogens is 450 g/mol. The van der Waals surface area contributed by atoms with E-state index in [1.807, 2.05) is 6.07 Å². The highest BCUT2D eigenvalue weighted by atomic mass is 16.5. The van der Waals surface area contributed by atoms with Crippen LogP contribution in [0.2, 0.25) is 0 Å². The number of para-hydroxylation sites is 2. The van der Waals surface area contributed by atoms with E-state index in [9.17, 15) is 0 Å². The maximum Gasteiger partial charge on any atom is 0.140 e. The van der Waals surface area contributed by atoms with Crippen molar-refractivity contribution in [3.05, 3.63) is 156 Å². The predicted molar refractivity (Wildman–Crippen MR) is 151 cm³/mol. The summed E-state index contributed by atoms with van der Waals surface area (Å²) in [4.78, 5) is 0. The average molecular weight is 474 g/mol. The zero-order valence-electron chi connectivity index (χ0n) is 20.1. The first-order chi connectivity index (χ1) is 18.3. The summed E-state index contributed by atoms with van der Waals surface area (Å²) in [5.41, 5.74) is 9.16. The average Bonchev–Trinajstić information content (AvgIpc) is 3.24. The van der Waals surface area contributed by atoms with Gasteiger partial charge in [-0.05, 0) is 58.0 Å². The number of ether oxygens (including phenoxy) is 1. The third-order valence-electron chi connectivity index (χ3n) is 7.89. The Bertz CT molecular complexity index is 1840. The molecule has 8 rings (SSSR count). The molecule has 0 fully saturated rings. The Labute approximate surface area is 215 Å². The van der Waals surface area contributed by atoms with E-state index >= 15 is 0 Å². The zero-order chi connectivity index (χ0) is 24.4. The molecule has 1 heterocycles. The first kappa shape index (κ1) is 20.4. The van der Waals surface area contributed by atoms with E-state index in [1.54, 1.807) is 0 Å². The van der Waals surface area contributed by atoms with E-state index in [-0.39, 0.29) is 0 Å². The van der Waals surface area contributed by atoms with Crippen LogP contribution in [0, 0.1) is 0 Å². The maximum atomic E-state index is 6.72. The summed E-state index contributed by atoms with van der Waals surface area (Å²) in [6, 6.07) is 47.6. The Kier molecular flexibility index (Phi) is 4.18. The van der Waals surface area contributed by atoms with Gasteiger partial charge in [0.05, 0.1) is 5.41 Å². The summed E-state index contributed by atoms with van der Waals surface area (Å²) in [6.07, 6.45) is 0. The lowest BCUT2D eigenvalue weighted by Gasteiger charge is -2.40. The Morgan fingerprint density at radius 2 is 1.22 bits per heavy atom. The Balaban J connectivity index is 1.48. The van der Waals surface area contributed by atoms with Crippen LogP contribution in [-0.2, 0) is 5.41 Å². The SMILES string of the molecule is c1ccc(Nc2ccc3c(c2)C2(c4ccccc4Oc4c2ccc2ccccc42)c2ccccc2-3)cc1. The van der Waals surface area contributed by atoms with Crippen LogP contribution in [0.5, 0.6) is 11.5 Å². The van der Waals surface area contributed by atoms with Gasteiger partial charge in [0.1, 0.15) is 11.5 Å². The highest BCUT2D eigenvalue weighted by molar-refractivity contribution is 5.96.